The third kappa shape index (κ3) is 4.79. The highest BCUT2D eigenvalue weighted by molar-refractivity contribution is 6.42. The Balaban J connectivity index is 1.63. The smallest absolute Gasteiger partial charge is 0.253 e. The van der Waals surface area contributed by atoms with Crippen molar-refractivity contribution in [3.63, 3.8) is 0 Å². The molecule has 0 saturated carbocycles. The first-order valence-electron chi connectivity index (χ1n) is 8.90. The Bertz CT molecular complexity index is 829. The molecule has 1 aliphatic heterocycles. The van der Waals surface area contributed by atoms with Crippen LogP contribution in [0.5, 0.6) is 0 Å². The molecule has 1 aromatic heterocycles. The van der Waals surface area contributed by atoms with Gasteiger partial charge in [0, 0.05) is 31.0 Å². The van der Waals surface area contributed by atoms with Crippen LogP contribution in [0.2, 0.25) is 10.0 Å². The predicted octanol–water partition coefficient (Wildman–Crippen LogP) is 4.12. The molecule has 1 fully saturated rings. The zero-order chi connectivity index (χ0) is 19.4. The Morgan fingerprint density at radius 2 is 2.07 bits per heavy atom. The highest BCUT2D eigenvalue weighted by Crippen LogP contribution is 2.25. The molecule has 3 rings (SSSR count). The average Bonchev–Trinajstić information content (AvgIpc) is 2.70. The molecular weight excluding hydrogens is 385 g/mol. The van der Waals surface area contributed by atoms with Crippen molar-refractivity contribution in [1.82, 2.24) is 15.2 Å². The van der Waals surface area contributed by atoms with Gasteiger partial charge in [0.15, 0.2) is 0 Å². The molecule has 0 spiro atoms. The van der Waals surface area contributed by atoms with E-state index >= 15 is 0 Å². The number of benzene rings is 1. The number of nitrogens with zero attached hydrogens (tertiary/aromatic N) is 2. The minimum absolute atomic E-state index is 0.0435. The van der Waals surface area contributed by atoms with Gasteiger partial charge in [-0.25, -0.2) is 0 Å². The van der Waals surface area contributed by atoms with Gasteiger partial charge in [0.25, 0.3) is 5.91 Å². The topological polar surface area (TPSA) is 62.3 Å². The first kappa shape index (κ1) is 19.6. The molecule has 0 aliphatic carbocycles. The fourth-order valence-electron chi connectivity index (χ4n) is 3.23. The van der Waals surface area contributed by atoms with Gasteiger partial charge in [-0.1, -0.05) is 29.3 Å². The van der Waals surface area contributed by atoms with Crippen LogP contribution in [0.3, 0.4) is 0 Å². The number of rotatable bonds is 4. The zero-order valence-electron chi connectivity index (χ0n) is 15.0. The molecule has 142 valence electrons. The molecule has 7 heteroatoms. The number of aromatic nitrogens is 1. The lowest BCUT2D eigenvalue weighted by atomic mass is 9.96. The van der Waals surface area contributed by atoms with Gasteiger partial charge in [0.1, 0.15) is 0 Å². The highest BCUT2D eigenvalue weighted by atomic mass is 35.5. The summed E-state index contributed by atoms with van der Waals surface area (Å²) in [6, 6.07) is 8.48. The lowest BCUT2D eigenvalue weighted by Gasteiger charge is -2.32. The second-order valence-electron chi connectivity index (χ2n) is 6.74. The second-order valence-corrected chi connectivity index (χ2v) is 7.55. The first-order chi connectivity index (χ1) is 13.0. The first-order valence-corrected chi connectivity index (χ1v) is 9.66. The number of hydrogen-bond acceptors (Lipinski definition) is 3. The highest BCUT2D eigenvalue weighted by Gasteiger charge is 2.29. The third-order valence-corrected chi connectivity index (χ3v) is 5.53. The van der Waals surface area contributed by atoms with Gasteiger partial charge >= 0.3 is 0 Å². The fraction of sp³-hybridized carbons (Fsp3) is 0.350. The van der Waals surface area contributed by atoms with Crippen molar-refractivity contribution in [2.45, 2.75) is 25.8 Å². The van der Waals surface area contributed by atoms with Gasteiger partial charge in [-0.3, -0.25) is 14.6 Å². The van der Waals surface area contributed by atoms with Crippen molar-refractivity contribution in [1.29, 1.82) is 0 Å². The number of pyridine rings is 1. The normalized spacial score (nSPS) is 18.0. The van der Waals surface area contributed by atoms with E-state index in [4.69, 9.17) is 23.2 Å². The van der Waals surface area contributed by atoms with Crippen LogP contribution in [0.1, 0.15) is 41.7 Å². The minimum atomic E-state index is -0.232. The monoisotopic (exact) mass is 405 g/mol. The van der Waals surface area contributed by atoms with Gasteiger partial charge in [-0.2, -0.15) is 0 Å². The van der Waals surface area contributed by atoms with E-state index in [1.54, 1.807) is 35.5 Å². The van der Waals surface area contributed by atoms with E-state index < -0.39 is 0 Å². The number of nitrogens with one attached hydrogen (secondary N) is 1. The molecule has 0 unspecified atom stereocenters. The van der Waals surface area contributed by atoms with Gasteiger partial charge in [-0.05, 0) is 49.6 Å². The molecule has 0 bridgehead atoms. The summed E-state index contributed by atoms with van der Waals surface area (Å²) < 4.78 is 0. The molecule has 1 N–H and O–H groups in total. The molecule has 2 heterocycles. The van der Waals surface area contributed by atoms with Crippen molar-refractivity contribution < 1.29 is 9.59 Å². The molecule has 2 atom stereocenters. The van der Waals surface area contributed by atoms with Crippen LogP contribution < -0.4 is 5.32 Å². The molecule has 5 nitrogen and oxygen atoms in total. The van der Waals surface area contributed by atoms with Crippen molar-refractivity contribution in [3.8, 4) is 0 Å². The Kier molecular flexibility index (Phi) is 6.34. The van der Waals surface area contributed by atoms with Crippen LogP contribution in [0.15, 0.2) is 42.7 Å². The van der Waals surface area contributed by atoms with Crippen molar-refractivity contribution in [2.75, 3.05) is 13.1 Å². The molecule has 0 radical (unpaired) electrons. The third-order valence-electron chi connectivity index (χ3n) is 4.79. The van der Waals surface area contributed by atoms with E-state index in [0.29, 0.717) is 28.7 Å². The summed E-state index contributed by atoms with van der Waals surface area (Å²) in [4.78, 5) is 31.2. The summed E-state index contributed by atoms with van der Waals surface area (Å²) >= 11 is 11.9. The Labute approximate surface area is 168 Å². The van der Waals surface area contributed by atoms with Crippen molar-refractivity contribution in [2.24, 2.45) is 5.92 Å². The van der Waals surface area contributed by atoms with Crippen LogP contribution in [0.4, 0.5) is 0 Å². The van der Waals surface area contributed by atoms with E-state index in [9.17, 15) is 9.59 Å². The number of piperidine rings is 1. The second kappa shape index (κ2) is 8.72. The number of carbonyl (C=O) groups excluding carboxylic acids is 2. The number of likely N-dealkylation sites (tertiary alicyclic amines) is 1. The largest absolute Gasteiger partial charge is 0.349 e. The quantitative estimate of drug-likeness (QED) is 0.831. The van der Waals surface area contributed by atoms with E-state index in [1.807, 2.05) is 19.1 Å². The number of halogens is 2. The minimum Gasteiger partial charge on any atom is -0.349 e. The number of carbonyl (C=O) groups is 2. The van der Waals surface area contributed by atoms with E-state index in [0.717, 1.165) is 18.4 Å². The Hall–Kier alpha value is -2.11. The van der Waals surface area contributed by atoms with Crippen LogP contribution in [-0.2, 0) is 4.79 Å². The molecule has 2 aromatic rings. The SMILES string of the molecule is C[C@@H](NC(=O)[C@@H]1CCCN(C(=O)c2ccc(Cl)c(Cl)c2)C1)c1cccnc1. The van der Waals surface area contributed by atoms with Gasteiger partial charge < -0.3 is 10.2 Å². The lowest BCUT2D eigenvalue weighted by molar-refractivity contribution is -0.127. The van der Waals surface area contributed by atoms with Crippen LogP contribution in [0.25, 0.3) is 0 Å². The summed E-state index contributed by atoms with van der Waals surface area (Å²) in [5, 5.41) is 3.78. The molecular formula is C20H21Cl2N3O2. The van der Waals surface area contributed by atoms with E-state index in [-0.39, 0.29) is 23.8 Å². The summed E-state index contributed by atoms with van der Waals surface area (Å²) in [5.74, 6) is -0.408. The van der Waals surface area contributed by atoms with Gasteiger partial charge in [-0.15, -0.1) is 0 Å². The van der Waals surface area contributed by atoms with Crippen LogP contribution in [0, 0.1) is 5.92 Å². The Morgan fingerprint density at radius 3 is 2.78 bits per heavy atom. The standard InChI is InChI=1S/C20H21Cl2N3O2/c1-13(15-4-2-8-23-11-15)24-19(26)16-5-3-9-25(12-16)20(27)14-6-7-17(21)18(22)10-14/h2,4,6-8,10-11,13,16H,3,5,9,12H2,1H3,(H,24,26)/t13-,16-/m1/s1. The van der Waals surface area contributed by atoms with Crippen LogP contribution in [-0.4, -0.2) is 34.8 Å². The molecule has 2 amide bonds. The van der Waals surface area contributed by atoms with E-state index in [1.165, 1.54) is 0 Å². The average molecular weight is 406 g/mol. The van der Waals surface area contributed by atoms with Crippen LogP contribution >= 0.6 is 23.2 Å². The zero-order valence-corrected chi connectivity index (χ0v) is 16.5. The molecule has 1 aliphatic rings. The summed E-state index contributed by atoms with van der Waals surface area (Å²) in [6.07, 6.45) is 4.99. The predicted molar refractivity (Wildman–Crippen MR) is 106 cm³/mol. The van der Waals surface area contributed by atoms with Crippen molar-refractivity contribution in [3.05, 3.63) is 63.9 Å². The van der Waals surface area contributed by atoms with Gasteiger partial charge in [0.2, 0.25) is 5.91 Å². The molecule has 1 saturated heterocycles. The number of hydrogen-bond donors (Lipinski definition) is 1. The Morgan fingerprint density at radius 1 is 1.26 bits per heavy atom. The molecule has 1 aromatic carbocycles. The summed E-state index contributed by atoms with van der Waals surface area (Å²) in [5.41, 5.74) is 1.43. The fourth-order valence-corrected chi connectivity index (χ4v) is 3.53. The van der Waals surface area contributed by atoms with Gasteiger partial charge in [0.05, 0.1) is 22.0 Å². The maximum atomic E-state index is 12.8. The summed E-state index contributed by atoms with van der Waals surface area (Å²) in [7, 11) is 0. The van der Waals surface area contributed by atoms with Crippen molar-refractivity contribution >= 4 is 35.0 Å². The molecule has 27 heavy (non-hydrogen) atoms. The van der Waals surface area contributed by atoms with E-state index in [2.05, 4.69) is 10.3 Å². The maximum Gasteiger partial charge on any atom is 0.253 e. The number of amides is 2. The summed E-state index contributed by atoms with van der Waals surface area (Å²) in [6.45, 7) is 2.95. The lowest BCUT2D eigenvalue weighted by Crippen LogP contribution is -2.45. The maximum absolute atomic E-state index is 12.8.